The first kappa shape index (κ1) is 25.2. The van der Waals surface area contributed by atoms with Gasteiger partial charge in [0.2, 0.25) is 5.95 Å². The number of anilines is 1. The van der Waals surface area contributed by atoms with Gasteiger partial charge in [-0.1, -0.05) is 25.4 Å². The van der Waals surface area contributed by atoms with Crippen molar-refractivity contribution < 1.29 is 31.1 Å². The number of methoxy groups -OCH3 is 1. The molecule has 2 aromatic heterocycles. The molecule has 0 aliphatic carbocycles. The van der Waals surface area contributed by atoms with Gasteiger partial charge in [0.05, 0.1) is 34.6 Å². The molecule has 3 heterocycles. The number of fused-ring (bicyclic) bond motifs is 3. The Hall–Kier alpha value is -2.93. The standard InChI is InChI=1S/C21H21ClF3N5O4S/c1-10(2)16-18-27-13-7-11(19(31)34-3)15(35(4,32)33)8-14(13)29(18)5-6-30(16)20-26-9-12(17(22)28-20)21(23,24)25/h7-10,16H,5-6H2,1-4H3. The van der Waals surface area contributed by atoms with E-state index in [0.717, 1.165) is 13.4 Å². The van der Waals surface area contributed by atoms with Crippen molar-refractivity contribution in [3.05, 3.63) is 40.4 Å². The Labute approximate surface area is 203 Å². The lowest BCUT2D eigenvalue weighted by Gasteiger charge is -2.38. The van der Waals surface area contributed by atoms with Gasteiger partial charge in [-0.05, 0) is 18.1 Å². The first-order valence-electron chi connectivity index (χ1n) is 10.4. The SMILES string of the molecule is COC(=O)c1cc2nc3n(c2cc1S(C)(=O)=O)CCN(c1ncc(C(F)(F)F)c(Cl)n1)C3C(C)C. The topological polar surface area (TPSA) is 107 Å². The van der Waals surface area contributed by atoms with Gasteiger partial charge >= 0.3 is 12.1 Å². The van der Waals surface area contributed by atoms with E-state index in [1.807, 2.05) is 18.4 Å². The summed E-state index contributed by atoms with van der Waals surface area (Å²) < 4.78 is 70.7. The van der Waals surface area contributed by atoms with Crippen molar-refractivity contribution in [3.8, 4) is 0 Å². The van der Waals surface area contributed by atoms with Crippen molar-refractivity contribution >= 4 is 44.4 Å². The average molecular weight is 532 g/mol. The lowest BCUT2D eigenvalue weighted by Crippen LogP contribution is -2.42. The number of halogens is 4. The fourth-order valence-corrected chi connectivity index (χ4v) is 5.36. The van der Waals surface area contributed by atoms with Gasteiger partial charge in [-0.15, -0.1) is 0 Å². The molecule has 0 amide bonds. The summed E-state index contributed by atoms with van der Waals surface area (Å²) in [5, 5.41) is -0.704. The molecule has 1 unspecified atom stereocenters. The van der Waals surface area contributed by atoms with Crippen LogP contribution in [0.2, 0.25) is 5.15 Å². The number of sulfone groups is 1. The molecule has 4 rings (SSSR count). The molecule has 0 spiro atoms. The molecule has 1 aliphatic heterocycles. The summed E-state index contributed by atoms with van der Waals surface area (Å²) in [6, 6.07) is 2.30. The van der Waals surface area contributed by atoms with Gasteiger partial charge < -0.3 is 14.2 Å². The molecule has 0 N–H and O–H groups in total. The van der Waals surface area contributed by atoms with Crippen LogP contribution in [0.1, 0.15) is 41.6 Å². The third kappa shape index (κ3) is 4.42. The highest BCUT2D eigenvalue weighted by Crippen LogP contribution is 2.39. The number of rotatable bonds is 4. The molecule has 1 aromatic carbocycles. The van der Waals surface area contributed by atoms with E-state index in [9.17, 15) is 26.4 Å². The predicted octanol–water partition coefficient (Wildman–Crippen LogP) is 3.91. The summed E-state index contributed by atoms with van der Waals surface area (Å²) in [7, 11) is -2.62. The molecule has 0 saturated heterocycles. The monoisotopic (exact) mass is 531 g/mol. The first-order valence-corrected chi connectivity index (χ1v) is 12.7. The van der Waals surface area contributed by atoms with Crippen molar-refractivity contribution in [1.29, 1.82) is 0 Å². The Kier molecular flexibility index (Phi) is 6.20. The van der Waals surface area contributed by atoms with E-state index < -0.39 is 38.7 Å². The Bertz CT molecular complexity index is 1440. The minimum absolute atomic E-state index is 0.0204. The zero-order chi connectivity index (χ0) is 25.9. The van der Waals surface area contributed by atoms with Crippen LogP contribution >= 0.6 is 11.6 Å². The molecule has 0 fully saturated rings. The fourth-order valence-electron chi connectivity index (χ4n) is 4.26. The van der Waals surface area contributed by atoms with Crippen LogP contribution in [0.3, 0.4) is 0 Å². The van der Waals surface area contributed by atoms with Crippen molar-refractivity contribution in [1.82, 2.24) is 19.5 Å². The molecule has 3 aromatic rings. The average Bonchev–Trinajstić information content (AvgIpc) is 3.12. The zero-order valence-corrected chi connectivity index (χ0v) is 20.7. The van der Waals surface area contributed by atoms with Crippen LogP contribution in [-0.4, -0.2) is 53.8 Å². The number of hydrogen-bond donors (Lipinski definition) is 0. The maximum atomic E-state index is 13.1. The molecular weight excluding hydrogens is 511 g/mol. The highest BCUT2D eigenvalue weighted by Gasteiger charge is 2.38. The van der Waals surface area contributed by atoms with Crippen molar-refractivity contribution in [2.45, 2.75) is 37.5 Å². The molecule has 188 valence electrons. The fraction of sp³-hybridized carbons (Fsp3) is 0.429. The number of carbonyl (C=O) groups is 1. The largest absolute Gasteiger partial charge is 0.465 e. The second kappa shape index (κ2) is 8.63. The molecule has 9 nitrogen and oxygen atoms in total. The Morgan fingerprint density at radius 1 is 1.23 bits per heavy atom. The van der Waals surface area contributed by atoms with E-state index in [4.69, 9.17) is 16.3 Å². The number of nitrogens with zero attached hydrogens (tertiary/aromatic N) is 5. The third-order valence-corrected chi connectivity index (χ3v) is 7.20. The van der Waals surface area contributed by atoms with Gasteiger partial charge in [-0.2, -0.15) is 13.2 Å². The van der Waals surface area contributed by atoms with Gasteiger partial charge in [-0.3, -0.25) is 0 Å². The molecule has 1 atom stereocenters. The van der Waals surface area contributed by atoms with Crippen LogP contribution < -0.4 is 4.90 Å². The minimum Gasteiger partial charge on any atom is -0.465 e. The summed E-state index contributed by atoms with van der Waals surface area (Å²) in [5.41, 5.74) is -0.373. The van der Waals surface area contributed by atoms with Crippen LogP contribution in [0, 0.1) is 5.92 Å². The maximum Gasteiger partial charge on any atom is 0.420 e. The summed E-state index contributed by atoms with van der Waals surface area (Å²) in [6.07, 6.45) is -3.03. The lowest BCUT2D eigenvalue weighted by molar-refractivity contribution is -0.138. The predicted molar refractivity (Wildman–Crippen MR) is 121 cm³/mol. The summed E-state index contributed by atoms with van der Waals surface area (Å²) in [6.45, 7) is 4.42. The van der Waals surface area contributed by atoms with Crippen LogP contribution in [0.5, 0.6) is 0 Å². The quantitative estimate of drug-likeness (QED) is 0.368. The van der Waals surface area contributed by atoms with Gasteiger partial charge in [0, 0.05) is 25.5 Å². The van der Waals surface area contributed by atoms with Crippen molar-refractivity contribution in [2.24, 2.45) is 5.92 Å². The van der Waals surface area contributed by atoms with E-state index >= 15 is 0 Å². The van der Waals surface area contributed by atoms with Gasteiger partial charge in [0.1, 0.15) is 16.5 Å². The maximum absolute atomic E-state index is 13.1. The number of alkyl halides is 3. The van der Waals surface area contributed by atoms with Crippen molar-refractivity contribution in [2.75, 3.05) is 24.8 Å². The highest BCUT2D eigenvalue weighted by atomic mass is 35.5. The minimum atomic E-state index is -4.68. The van der Waals surface area contributed by atoms with Gasteiger partial charge in [0.25, 0.3) is 0 Å². The normalized spacial score (nSPS) is 16.6. The van der Waals surface area contributed by atoms with Crippen LogP contribution in [0.25, 0.3) is 11.0 Å². The molecule has 35 heavy (non-hydrogen) atoms. The number of ether oxygens (including phenoxy) is 1. The summed E-state index contributed by atoms with van der Waals surface area (Å²) in [5.74, 6) is -0.354. The van der Waals surface area contributed by atoms with Gasteiger partial charge in [-0.25, -0.2) is 28.2 Å². The Morgan fingerprint density at radius 3 is 2.46 bits per heavy atom. The number of benzene rings is 1. The first-order chi connectivity index (χ1) is 16.2. The Balaban J connectivity index is 1.87. The number of imidazole rings is 1. The second-order valence-corrected chi connectivity index (χ2v) is 10.8. The smallest absolute Gasteiger partial charge is 0.420 e. The van der Waals surface area contributed by atoms with Crippen LogP contribution in [0.15, 0.2) is 23.2 Å². The third-order valence-electron chi connectivity index (χ3n) is 5.77. The number of hydrogen-bond acceptors (Lipinski definition) is 8. The number of esters is 1. The highest BCUT2D eigenvalue weighted by molar-refractivity contribution is 7.90. The zero-order valence-electron chi connectivity index (χ0n) is 19.1. The van der Waals surface area contributed by atoms with E-state index in [2.05, 4.69) is 15.0 Å². The van der Waals surface area contributed by atoms with E-state index in [0.29, 0.717) is 36.1 Å². The van der Waals surface area contributed by atoms with E-state index in [1.54, 1.807) is 4.90 Å². The number of carbonyl (C=O) groups excluding carboxylic acids is 1. The molecule has 0 saturated carbocycles. The second-order valence-electron chi connectivity index (χ2n) is 8.48. The molecule has 0 radical (unpaired) electrons. The number of aromatic nitrogens is 4. The van der Waals surface area contributed by atoms with E-state index in [1.165, 1.54) is 12.1 Å². The van der Waals surface area contributed by atoms with Crippen LogP contribution in [0.4, 0.5) is 19.1 Å². The van der Waals surface area contributed by atoms with Gasteiger partial charge in [0.15, 0.2) is 9.84 Å². The molecule has 14 heteroatoms. The van der Waals surface area contributed by atoms with Crippen molar-refractivity contribution in [3.63, 3.8) is 0 Å². The Morgan fingerprint density at radius 2 is 1.91 bits per heavy atom. The van der Waals surface area contributed by atoms with E-state index in [-0.39, 0.29) is 22.3 Å². The summed E-state index contributed by atoms with van der Waals surface area (Å²) in [4.78, 5) is 26.3. The summed E-state index contributed by atoms with van der Waals surface area (Å²) >= 11 is 5.83. The molecule has 1 aliphatic rings. The van der Waals surface area contributed by atoms with Crippen LogP contribution in [-0.2, 0) is 27.3 Å². The molecular formula is C21H21ClF3N5O4S. The molecule has 0 bridgehead atoms. The lowest BCUT2D eigenvalue weighted by atomic mass is 10.00.